The van der Waals surface area contributed by atoms with Crippen LogP contribution in [0.25, 0.3) is 65.9 Å². The number of benzene rings is 1. The minimum absolute atomic E-state index is 0.320. The summed E-state index contributed by atoms with van der Waals surface area (Å²) in [6.45, 7) is 17.8. The van der Waals surface area contributed by atoms with Crippen molar-refractivity contribution in [3.63, 3.8) is 0 Å². The Bertz CT molecular complexity index is 2110. The third kappa shape index (κ3) is 4.74. The molecular weight excluding hydrogens is 542 g/mol. The van der Waals surface area contributed by atoms with Gasteiger partial charge in [0, 0.05) is 27.0 Å². The van der Waals surface area contributed by atoms with E-state index < -0.39 is 0 Å². The molecule has 8 bridgehead atoms. The van der Waals surface area contributed by atoms with Crippen LogP contribution in [0.2, 0.25) is 0 Å². The van der Waals surface area contributed by atoms with E-state index in [0.717, 1.165) is 85.5 Å². The molecule has 1 aromatic carbocycles. The molecule has 2 N–H and O–H groups in total. The highest BCUT2D eigenvalue weighted by molar-refractivity contribution is 6.01. The number of azide groups is 1. The molecule has 4 aromatic rings. The van der Waals surface area contributed by atoms with Crippen LogP contribution in [-0.4, -0.2) is 19.9 Å². The first-order chi connectivity index (χ1) is 21.2. The molecule has 0 fully saturated rings. The monoisotopic (exact) mass is 581 g/mol. The average molecular weight is 582 g/mol. The summed E-state index contributed by atoms with van der Waals surface area (Å²) in [7, 11) is 0. The number of H-pyrrole nitrogens is 2. The summed E-state index contributed by atoms with van der Waals surface area (Å²) in [4.78, 5) is 21.0. The Morgan fingerprint density at radius 2 is 1.41 bits per heavy atom. The van der Waals surface area contributed by atoms with Crippen molar-refractivity contribution in [1.29, 1.82) is 0 Å². The van der Waals surface area contributed by atoms with E-state index in [1.54, 1.807) is 0 Å². The number of aromatic amines is 2. The first-order valence-corrected chi connectivity index (χ1v) is 15.4. The quantitative estimate of drug-likeness (QED) is 0.139. The van der Waals surface area contributed by atoms with E-state index in [4.69, 9.17) is 15.5 Å². The van der Waals surface area contributed by atoms with Crippen molar-refractivity contribution < 1.29 is 0 Å². The van der Waals surface area contributed by atoms with Gasteiger partial charge in [-0.25, -0.2) is 9.97 Å². The number of aryl methyl sites for hydroxylation is 4. The third-order valence-corrected chi connectivity index (χ3v) is 9.57. The van der Waals surface area contributed by atoms with Crippen LogP contribution in [0, 0.1) is 20.8 Å². The number of rotatable bonds is 5. The fraction of sp³-hybridized carbons (Fsp3) is 0.297. The first kappa shape index (κ1) is 29.2. The van der Waals surface area contributed by atoms with Crippen molar-refractivity contribution in [1.82, 2.24) is 19.9 Å². The van der Waals surface area contributed by atoms with Gasteiger partial charge in [0.25, 0.3) is 0 Å². The predicted octanol–water partition coefficient (Wildman–Crippen LogP) is 10.6. The van der Waals surface area contributed by atoms with Gasteiger partial charge >= 0.3 is 0 Å². The number of hydrogen-bond acceptors (Lipinski definition) is 3. The lowest BCUT2D eigenvalue weighted by atomic mass is 9.96. The summed E-state index contributed by atoms with van der Waals surface area (Å²) >= 11 is 0. The summed E-state index contributed by atoms with van der Waals surface area (Å²) in [6, 6.07) is 14.9. The molecule has 0 aliphatic carbocycles. The third-order valence-electron chi connectivity index (χ3n) is 9.57. The lowest BCUT2D eigenvalue weighted by Crippen LogP contribution is -1.90. The summed E-state index contributed by atoms with van der Waals surface area (Å²) in [6.07, 6.45) is 1.84. The zero-order chi connectivity index (χ0) is 31.3. The Morgan fingerprint density at radius 1 is 0.705 bits per heavy atom. The van der Waals surface area contributed by atoms with E-state index in [1.165, 1.54) is 33.4 Å². The maximum atomic E-state index is 8.81. The van der Waals surface area contributed by atoms with Crippen molar-refractivity contribution in [2.24, 2.45) is 5.11 Å². The molecule has 5 heterocycles. The molecule has 0 saturated heterocycles. The van der Waals surface area contributed by atoms with Gasteiger partial charge in [0.2, 0.25) is 0 Å². The van der Waals surface area contributed by atoms with Crippen LogP contribution in [0.1, 0.15) is 91.6 Å². The summed E-state index contributed by atoms with van der Waals surface area (Å²) in [5, 5.41) is 3.75. The van der Waals surface area contributed by atoms with Crippen LogP contribution in [0.5, 0.6) is 0 Å². The molecule has 0 atom stereocenters. The molecule has 0 saturated carbocycles. The number of allylic oxidation sites excluding steroid dienone is 4. The standard InChI is InChI=1S/C37H39N7/c1-9-27-23(7)31-15-29-19(3)21(5)36(42-29)35(26-13-11-25(12-14-26)18-39-44-38)37-22(6)20(4)30(43-37)16-32-24(8)28(10-2)34(41-32)17-33(27)40-31/h11-17,40,42H,9-10,18H2,1-8H3. The molecule has 3 aromatic heterocycles. The highest BCUT2D eigenvalue weighted by Crippen LogP contribution is 2.40. The molecule has 6 rings (SSSR count). The number of aromatic nitrogens is 4. The molecule has 0 amide bonds. The Hall–Kier alpha value is -4.87. The summed E-state index contributed by atoms with van der Waals surface area (Å²) in [5.74, 6) is 0. The van der Waals surface area contributed by atoms with Gasteiger partial charge in [-0.05, 0) is 134 Å². The normalized spacial score (nSPS) is 13.1. The maximum absolute atomic E-state index is 8.81. The van der Waals surface area contributed by atoms with Crippen LogP contribution >= 0.6 is 0 Å². The van der Waals surface area contributed by atoms with Gasteiger partial charge in [0.15, 0.2) is 0 Å². The zero-order valence-electron chi connectivity index (χ0n) is 26.9. The van der Waals surface area contributed by atoms with Crippen molar-refractivity contribution in [2.75, 3.05) is 0 Å². The van der Waals surface area contributed by atoms with E-state index in [9.17, 15) is 0 Å². The minimum Gasteiger partial charge on any atom is -0.355 e. The van der Waals surface area contributed by atoms with Gasteiger partial charge in [-0.15, -0.1) is 0 Å². The zero-order valence-corrected chi connectivity index (χ0v) is 26.9. The van der Waals surface area contributed by atoms with Crippen LogP contribution in [0.4, 0.5) is 0 Å². The Balaban J connectivity index is 1.80. The molecule has 2 aliphatic rings. The molecule has 7 nitrogen and oxygen atoms in total. The lowest BCUT2D eigenvalue weighted by Gasteiger charge is -2.09. The number of fused-ring (bicyclic) bond motifs is 8. The van der Waals surface area contributed by atoms with Gasteiger partial charge in [0.05, 0.1) is 34.8 Å². The Labute approximate surface area is 258 Å². The second-order valence-electron chi connectivity index (χ2n) is 11.9. The molecular formula is C37H39N7. The fourth-order valence-electron chi connectivity index (χ4n) is 6.58. The molecule has 7 heteroatoms. The van der Waals surface area contributed by atoms with Gasteiger partial charge in [0.1, 0.15) is 0 Å². The first-order valence-electron chi connectivity index (χ1n) is 15.4. The van der Waals surface area contributed by atoms with Gasteiger partial charge in [-0.2, -0.15) is 0 Å². The smallest absolute Gasteiger partial charge is 0.0768 e. The van der Waals surface area contributed by atoms with Gasteiger partial charge < -0.3 is 9.97 Å². The highest BCUT2D eigenvalue weighted by atomic mass is 15.1. The second-order valence-corrected chi connectivity index (χ2v) is 11.9. The number of nitrogens with zero attached hydrogens (tertiary/aromatic N) is 5. The van der Waals surface area contributed by atoms with E-state index in [1.807, 2.05) is 12.1 Å². The van der Waals surface area contributed by atoms with Gasteiger partial charge in [-0.3, -0.25) is 0 Å². The molecule has 0 spiro atoms. The van der Waals surface area contributed by atoms with Gasteiger partial charge in [-0.1, -0.05) is 43.2 Å². The molecule has 0 radical (unpaired) electrons. The second kappa shape index (κ2) is 11.3. The lowest BCUT2D eigenvalue weighted by molar-refractivity contribution is 1.05. The van der Waals surface area contributed by atoms with E-state index in [0.29, 0.717) is 6.54 Å². The van der Waals surface area contributed by atoms with Crippen LogP contribution in [-0.2, 0) is 13.0 Å². The number of hydrogen-bond donors (Lipinski definition) is 2. The van der Waals surface area contributed by atoms with Crippen LogP contribution < -0.4 is 0 Å². The Morgan fingerprint density at radius 3 is 2.09 bits per heavy atom. The summed E-state index contributed by atoms with van der Waals surface area (Å²) < 4.78 is 0. The number of nitrogens with one attached hydrogen (secondary N) is 2. The average Bonchev–Trinajstić information content (AvgIpc) is 3.67. The van der Waals surface area contributed by atoms with Crippen molar-refractivity contribution in [2.45, 2.75) is 74.8 Å². The Kier molecular flexibility index (Phi) is 7.52. The van der Waals surface area contributed by atoms with E-state index in [-0.39, 0.29) is 0 Å². The van der Waals surface area contributed by atoms with Crippen molar-refractivity contribution in [3.05, 3.63) is 104 Å². The van der Waals surface area contributed by atoms with Crippen LogP contribution in [0.3, 0.4) is 0 Å². The van der Waals surface area contributed by atoms with Crippen molar-refractivity contribution >= 4 is 44.4 Å². The highest BCUT2D eigenvalue weighted by Gasteiger charge is 2.22. The minimum atomic E-state index is 0.320. The molecule has 44 heavy (non-hydrogen) atoms. The fourth-order valence-corrected chi connectivity index (χ4v) is 6.58. The van der Waals surface area contributed by atoms with Crippen LogP contribution in [0.15, 0.2) is 47.6 Å². The molecule has 2 aliphatic heterocycles. The SMILES string of the molecule is CCC1=C(C)c2cc3nc(c(-c4ccc(CN=[N+]=[N-])cc4)c4[nH]c(cc5[nH]c(cc1n2)c(CC)c5C)c(C)c4C)C(C)=C3C. The molecule has 0 unspecified atom stereocenters. The van der Waals surface area contributed by atoms with Crippen molar-refractivity contribution in [3.8, 4) is 11.1 Å². The predicted molar refractivity (Wildman–Crippen MR) is 184 cm³/mol. The maximum Gasteiger partial charge on any atom is 0.0768 e. The molecule has 222 valence electrons. The largest absolute Gasteiger partial charge is 0.355 e. The topological polar surface area (TPSA) is 106 Å². The van der Waals surface area contributed by atoms with E-state index in [2.05, 4.69) is 106 Å². The summed E-state index contributed by atoms with van der Waals surface area (Å²) in [5.41, 5.74) is 29.9. The van der Waals surface area contributed by atoms with E-state index >= 15 is 0 Å².